The molecular formula is C14H16IN3OS. The summed E-state index contributed by atoms with van der Waals surface area (Å²) in [5.74, 6) is 0.251. The van der Waals surface area contributed by atoms with Crippen molar-refractivity contribution in [2.45, 2.75) is 32.6 Å². The Kier molecular flexibility index (Phi) is 5.47. The molecule has 1 N–H and O–H groups in total. The molecule has 2 aromatic rings. The molecule has 0 saturated heterocycles. The molecule has 20 heavy (non-hydrogen) atoms. The molecule has 0 saturated carbocycles. The van der Waals surface area contributed by atoms with Crippen LogP contribution in [0.4, 0.5) is 5.13 Å². The molecule has 1 amide bonds. The monoisotopic (exact) mass is 401 g/mol. The predicted molar refractivity (Wildman–Crippen MR) is 90.3 cm³/mol. The van der Waals surface area contributed by atoms with Crippen LogP contribution in [-0.4, -0.2) is 16.1 Å². The second kappa shape index (κ2) is 7.12. The molecule has 1 heterocycles. The third kappa shape index (κ3) is 3.76. The van der Waals surface area contributed by atoms with Gasteiger partial charge in [-0.25, -0.2) is 0 Å². The van der Waals surface area contributed by atoms with Gasteiger partial charge in [0.05, 0.1) is 5.56 Å². The van der Waals surface area contributed by atoms with E-state index in [4.69, 9.17) is 0 Å². The molecule has 1 aromatic carbocycles. The number of carbonyl (C=O) groups excluding carboxylic acids is 1. The van der Waals surface area contributed by atoms with E-state index in [9.17, 15) is 4.79 Å². The minimum atomic E-state index is -0.138. The van der Waals surface area contributed by atoms with Crippen LogP contribution in [-0.2, 0) is 0 Å². The first kappa shape index (κ1) is 15.4. The number of amides is 1. The second-order valence-corrected chi connectivity index (χ2v) is 6.74. The van der Waals surface area contributed by atoms with Crippen molar-refractivity contribution in [1.29, 1.82) is 0 Å². The quantitative estimate of drug-likeness (QED) is 0.761. The minimum Gasteiger partial charge on any atom is -0.296 e. The van der Waals surface area contributed by atoms with Crippen LogP contribution in [0.3, 0.4) is 0 Å². The van der Waals surface area contributed by atoms with Crippen LogP contribution >= 0.6 is 33.9 Å². The van der Waals surface area contributed by atoms with E-state index in [-0.39, 0.29) is 5.91 Å². The number of hydrogen-bond acceptors (Lipinski definition) is 4. The van der Waals surface area contributed by atoms with E-state index in [2.05, 4.69) is 52.0 Å². The first-order valence-electron chi connectivity index (χ1n) is 6.51. The van der Waals surface area contributed by atoms with E-state index in [0.717, 1.165) is 21.4 Å². The van der Waals surface area contributed by atoms with Crippen molar-refractivity contribution in [2.75, 3.05) is 5.32 Å². The Balaban J connectivity index is 2.07. The summed E-state index contributed by atoms with van der Waals surface area (Å²) in [6.45, 7) is 4.29. The Morgan fingerprint density at radius 2 is 2.15 bits per heavy atom. The summed E-state index contributed by atoms with van der Waals surface area (Å²) in [4.78, 5) is 12.2. The van der Waals surface area contributed by atoms with Crippen LogP contribution in [0.1, 0.15) is 48.0 Å². The van der Waals surface area contributed by atoms with Gasteiger partial charge in [0.25, 0.3) is 5.91 Å². The molecule has 1 atom stereocenters. The fourth-order valence-corrected chi connectivity index (χ4v) is 3.31. The standard InChI is InChI=1S/C14H16IN3OS/c1-3-6-9(2)13-17-18-14(20-13)16-12(19)10-7-4-5-8-11(10)15/h4-5,7-9H,3,6H2,1-2H3,(H,16,18,19)/t9-/m0/s1. The van der Waals surface area contributed by atoms with Gasteiger partial charge in [-0.1, -0.05) is 43.7 Å². The summed E-state index contributed by atoms with van der Waals surface area (Å²) < 4.78 is 0.923. The normalized spacial score (nSPS) is 12.2. The lowest BCUT2D eigenvalue weighted by molar-refractivity contribution is 0.102. The van der Waals surface area contributed by atoms with Gasteiger partial charge in [0.1, 0.15) is 5.01 Å². The van der Waals surface area contributed by atoms with Crippen molar-refractivity contribution >= 4 is 45.0 Å². The number of nitrogens with one attached hydrogen (secondary N) is 1. The predicted octanol–water partition coefficient (Wildman–Crippen LogP) is 4.30. The summed E-state index contributed by atoms with van der Waals surface area (Å²) >= 11 is 3.60. The molecule has 0 aliphatic heterocycles. The molecule has 0 spiro atoms. The summed E-state index contributed by atoms with van der Waals surface area (Å²) in [5, 5.41) is 12.6. The van der Waals surface area contributed by atoms with Crippen molar-refractivity contribution in [1.82, 2.24) is 10.2 Å². The van der Waals surface area contributed by atoms with Gasteiger partial charge in [-0.05, 0) is 41.1 Å². The summed E-state index contributed by atoms with van der Waals surface area (Å²) in [7, 11) is 0. The summed E-state index contributed by atoms with van der Waals surface area (Å²) in [6, 6.07) is 7.48. The van der Waals surface area contributed by atoms with Gasteiger partial charge >= 0.3 is 0 Å². The molecule has 0 unspecified atom stereocenters. The maximum Gasteiger partial charge on any atom is 0.258 e. The third-order valence-corrected chi connectivity index (χ3v) is 4.93. The molecule has 0 aliphatic rings. The highest BCUT2D eigenvalue weighted by atomic mass is 127. The topological polar surface area (TPSA) is 54.9 Å². The Hall–Kier alpha value is -1.02. The highest BCUT2D eigenvalue weighted by Gasteiger charge is 2.15. The second-order valence-electron chi connectivity index (χ2n) is 4.57. The van der Waals surface area contributed by atoms with Crippen LogP contribution in [0.5, 0.6) is 0 Å². The van der Waals surface area contributed by atoms with Crippen LogP contribution in [0.2, 0.25) is 0 Å². The number of aromatic nitrogens is 2. The first-order valence-corrected chi connectivity index (χ1v) is 8.40. The molecular weight excluding hydrogens is 385 g/mol. The van der Waals surface area contributed by atoms with E-state index in [0.29, 0.717) is 16.6 Å². The van der Waals surface area contributed by atoms with Crippen molar-refractivity contribution in [3.63, 3.8) is 0 Å². The van der Waals surface area contributed by atoms with Gasteiger partial charge in [0.2, 0.25) is 5.13 Å². The van der Waals surface area contributed by atoms with E-state index in [1.165, 1.54) is 11.3 Å². The van der Waals surface area contributed by atoms with Gasteiger partial charge in [-0.15, -0.1) is 10.2 Å². The summed E-state index contributed by atoms with van der Waals surface area (Å²) in [6.07, 6.45) is 2.20. The highest BCUT2D eigenvalue weighted by Crippen LogP contribution is 2.26. The molecule has 1 aromatic heterocycles. The maximum absolute atomic E-state index is 12.2. The molecule has 4 nitrogen and oxygen atoms in total. The fraction of sp³-hybridized carbons (Fsp3) is 0.357. The Labute approximate surface area is 136 Å². The lowest BCUT2D eigenvalue weighted by Crippen LogP contribution is -2.13. The lowest BCUT2D eigenvalue weighted by Gasteiger charge is -2.04. The Morgan fingerprint density at radius 3 is 2.85 bits per heavy atom. The number of carbonyl (C=O) groups is 1. The van der Waals surface area contributed by atoms with E-state index < -0.39 is 0 Å². The van der Waals surface area contributed by atoms with Crippen molar-refractivity contribution in [3.8, 4) is 0 Å². The average molecular weight is 401 g/mol. The maximum atomic E-state index is 12.2. The number of anilines is 1. The van der Waals surface area contributed by atoms with E-state index >= 15 is 0 Å². The van der Waals surface area contributed by atoms with Crippen molar-refractivity contribution < 1.29 is 4.79 Å². The van der Waals surface area contributed by atoms with Gasteiger partial charge in [0.15, 0.2) is 0 Å². The molecule has 0 radical (unpaired) electrons. The molecule has 6 heteroatoms. The fourth-order valence-electron chi connectivity index (χ4n) is 1.85. The first-order chi connectivity index (χ1) is 9.61. The zero-order valence-corrected chi connectivity index (χ0v) is 14.4. The zero-order chi connectivity index (χ0) is 14.5. The van der Waals surface area contributed by atoms with Crippen molar-refractivity contribution in [3.05, 3.63) is 38.4 Å². The van der Waals surface area contributed by atoms with Crippen LogP contribution in [0.15, 0.2) is 24.3 Å². The van der Waals surface area contributed by atoms with E-state index in [1.54, 1.807) is 6.07 Å². The molecule has 0 aliphatic carbocycles. The average Bonchev–Trinajstić information content (AvgIpc) is 2.88. The number of benzene rings is 1. The van der Waals surface area contributed by atoms with Gasteiger partial charge < -0.3 is 0 Å². The van der Waals surface area contributed by atoms with E-state index in [1.807, 2.05) is 18.2 Å². The molecule has 0 bridgehead atoms. The Bertz CT molecular complexity index is 600. The number of halogens is 1. The smallest absolute Gasteiger partial charge is 0.258 e. The SMILES string of the molecule is CCC[C@H](C)c1nnc(NC(=O)c2ccccc2I)s1. The molecule has 0 fully saturated rings. The summed E-state index contributed by atoms with van der Waals surface area (Å²) in [5.41, 5.74) is 0.659. The van der Waals surface area contributed by atoms with Crippen LogP contribution in [0.25, 0.3) is 0 Å². The van der Waals surface area contributed by atoms with Crippen LogP contribution in [0, 0.1) is 3.57 Å². The van der Waals surface area contributed by atoms with Gasteiger partial charge in [-0.3, -0.25) is 10.1 Å². The minimum absolute atomic E-state index is 0.138. The largest absolute Gasteiger partial charge is 0.296 e. The Morgan fingerprint density at radius 1 is 1.40 bits per heavy atom. The molecule has 2 rings (SSSR count). The zero-order valence-electron chi connectivity index (χ0n) is 11.4. The molecule has 106 valence electrons. The number of rotatable bonds is 5. The van der Waals surface area contributed by atoms with Crippen LogP contribution < -0.4 is 5.32 Å². The third-order valence-electron chi connectivity index (χ3n) is 2.92. The van der Waals surface area contributed by atoms with Gasteiger partial charge in [0, 0.05) is 9.49 Å². The highest BCUT2D eigenvalue weighted by molar-refractivity contribution is 14.1. The van der Waals surface area contributed by atoms with Gasteiger partial charge in [-0.2, -0.15) is 0 Å². The van der Waals surface area contributed by atoms with Crippen molar-refractivity contribution in [2.24, 2.45) is 0 Å². The number of nitrogens with zero attached hydrogens (tertiary/aromatic N) is 2. The lowest BCUT2D eigenvalue weighted by atomic mass is 10.1. The number of hydrogen-bond donors (Lipinski definition) is 1.